The third kappa shape index (κ3) is 1.57. The summed E-state index contributed by atoms with van der Waals surface area (Å²) in [4.78, 5) is 14.2. The number of imidazole rings is 1. The third-order valence-electron chi connectivity index (χ3n) is 2.85. The molecule has 1 aromatic heterocycles. The number of rotatable bonds is 2. The molecule has 1 heterocycles. The smallest absolute Gasteiger partial charge is 0.326 e. The largest absolute Gasteiger partial charge is 0.330 e. The van der Waals surface area contributed by atoms with Crippen molar-refractivity contribution in [2.75, 3.05) is 6.54 Å². The molecule has 0 aliphatic heterocycles. The maximum absolute atomic E-state index is 11.4. The number of fused-ring (bicyclic) bond motifs is 1. The summed E-state index contributed by atoms with van der Waals surface area (Å²) in [6.07, 6.45) is 0. The predicted molar refractivity (Wildman–Crippen MR) is 61.0 cm³/mol. The first-order valence-corrected chi connectivity index (χ1v) is 5.02. The number of nitrogens with zero attached hydrogens (tertiary/aromatic N) is 1. The summed E-state index contributed by atoms with van der Waals surface area (Å²) < 4.78 is 1.60. The lowest BCUT2D eigenvalue weighted by atomic mass is 10.0. The Morgan fingerprint density at radius 1 is 1.53 bits per heavy atom. The van der Waals surface area contributed by atoms with Crippen molar-refractivity contribution in [1.29, 1.82) is 0 Å². The van der Waals surface area contributed by atoms with Gasteiger partial charge in [-0.3, -0.25) is 4.57 Å². The van der Waals surface area contributed by atoms with E-state index in [4.69, 9.17) is 5.73 Å². The number of hydrogen-bond donors (Lipinski definition) is 2. The van der Waals surface area contributed by atoms with Crippen LogP contribution in [0.1, 0.15) is 18.4 Å². The fourth-order valence-corrected chi connectivity index (χ4v) is 1.70. The number of H-pyrrole nitrogens is 1. The van der Waals surface area contributed by atoms with Crippen molar-refractivity contribution in [3.63, 3.8) is 0 Å². The van der Waals surface area contributed by atoms with Gasteiger partial charge in [-0.1, -0.05) is 13.0 Å². The summed E-state index contributed by atoms with van der Waals surface area (Å²) in [5.74, 6) is 0.318. The molecule has 0 fully saturated rings. The maximum atomic E-state index is 11.4. The molecule has 0 saturated heterocycles. The fourth-order valence-electron chi connectivity index (χ4n) is 1.70. The molecular weight excluding hydrogens is 190 g/mol. The summed E-state index contributed by atoms with van der Waals surface area (Å²) in [6.45, 7) is 2.69. The highest BCUT2D eigenvalue weighted by Gasteiger charge is 2.07. The SMILES string of the molecule is CC(CN)c1ccc2c(c1)[nH]c(=O)n2C. The molecule has 1 atom stereocenters. The zero-order valence-corrected chi connectivity index (χ0v) is 8.95. The van der Waals surface area contributed by atoms with Crippen LogP contribution in [0.4, 0.5) is 0 Å². The summed E-state index contributed by atoms with van der Waals surface area (Å²) in [5.41, 5.74) is 8.48. The molecule has 0 aliphatic rings. The first-order chi connectivity index (χ1) is 7.13. The lowest BCUT2D eigenvalue weighted by molar-refractivity contribution is 0.775. The van der Waals surface area contributed by atoms with Gasteiger partial charge in [0.25, 0.3) is 0 Å². The lowest BCUT2D eigenvalue weighted by Crippen LogP contribution is -2.11. The molecule has 0 spiro atoms. The predicted octanol–water partition coefficient (Wildman–Crippen LogP) is 0.929. The van der Waals surface area contributed by atoms with Gasteiger partial charge in [0.05, 0.1) is 11.0 Å². The van der Waals surface area contributed by atoms with Crippen LogP contribution in [0.5, 0.6) is 0 Å². The van der Waals surface area contributed by atoms with Crippen LogP contribution in [0.2, 0.25) is 0 Å². The van der Waals surface area contributed by atoms with E-state index in [1.165, 1.54) is 0 Å². The van der Waals surface area contributed by atoms with Crippen molar-refractivity contribution in [2.24, 2.45) is 12.8 Å². The van der Waals surface area contributed by atoms with Gasteiger partial charge in [-0.25, -0.2) is 4.79 Å². The lowest BCUT2D eigenvalue weighted by Gasteiger charge is -2.08. The third-order valence-corrected chi connectivity index (χ3v) is 2.85. The molecule has 3 N–H and O–H groups in total. The number of hydrogen-bond acceptors (Lipinski definition) is 2. The van der Waals surface area contributed by atoms with Gasteiger partial charge in [-0.2, -0.15) is 0 Å². The van der Waals surface area contributed by atoms with Crippen molar-refractivity contribution in [1.82, 2.24) is 9.55 Å². The Morgan fingerprint density at radius 3 is 2.93 bits per heavy atom. The Bertz CT molecular complexity index is 538. The Hall–Kier alpha value is -1.55. The summed E-state index contributed by atoms with van der Waals surface area (Å²) in [5, 5.41) is 0. The van der Waals surface area contributed by atoms with Crippen LogP contribution in [0.25, 0.3) is 11.0 Å². The number of aromatic nitrogens is 2. The number of aryl methyl sites for hydroxylation is 1. The summed E-state index contributed by atoms with van der Waals surface area (Å²) in [6, 6.07) is 5.97. The van der Waals surface area contributed by atoms with Gasteiger partial charge in [-0.15, -0.1) is 0 Å². The minimum Gasteiger partial charge on any atom is -0.330 e. The highest BCUT2D eigenvalue weighted by Crippen LogP contribution is 2.18. The molecule has 0 radical (unpaired) electrons. The Kier molecular flexibility index (Phi) is 2.36. The van der Waals surface area contributed by atoms with E-state index in [9.17, 15) is 4.79 Å². The number of aromatic amines is 1. The van der Waals surface area contributed by atoms with Crippen LogP contribution in [0, 0.1) is 0 Å². The van der Waals surface area contributed by atoms with Crippen LogP contribution >= 0.6 is 0 Å². The molecule has 0 amide bonds. The molecule has 1 aromatic carbocycles. The fraction of sp³-hybridized carbons (Fsp3) is 0.364. The molecular formula is C11H15N3O. The normalized spacial score (nSPS) is 13.3. The average molecular weight is 205 g/mol. The number of benzene rings is 1. The molecule has 0 aliphatic carbocycles. The van der Waals surface area contributed by atoms with Crippen molar-refractivity contribution in [2.45, 2.75) is 12.8 Å². The second-order valence-electron chi connectivity index (χ2n) is 3.90. The number of nitrogens with one attached hydrogen (secondary N) is 1. The minimum atomic E-state index is -0.0810. The zero-order valence-electron chi connectivity index (χ0n) is 8.95. The molecule has 80 valence electrons. The van der Waals surface area contributed by atoms with E-state index in [2.05, 4.69) is 11.9 Å². The van der Waals surface area contributed by atoms with E-state index in [0.717, 1.165) is 16.6 Å². The van der Waals surface area contributed by atoms with Gasteiger partial charge in [0.15, 0.2) is 0 Å². The van der Waals surface area contributed by atoms with Gasteiger partial charge in [0.1, 0.15) is 0 Å². The monoisotopic (exact) mass is 205 g/mol. The van der Waals surface area contributed by atoms with Gasteiger partial charge in [0.2, 0.25) is 0 Å². The van der Waals surface area contributed by atoms with Crippen LogP contribution in [0.3, 0.4) is 0 Å². The van der Waals surface area contributed by atoms with Crippen LogP contribution in [-0.4, -0.2) is 16.1 Å². The standard InChI is InChI=1S/C11H15N3O/c1-7(6-12)8-3-4-10-9(5-8)13-11(15)14(10)2/h3-5,7H,6,12H2,1-2H3,(H,13,15). The highest BCUT2D eigenvalue weighted by atomic mass is 16.1. The topological polar surface area (TPSA) is 63.8 Å². The second-order valence-corrected chi connectivity index (χ2v) is 3.90. The number of nitrogens with two attached hydrogens (primary N) is 1. The van der Waals surface area contributed by atoms with E-state index in [0.29, 0.717) is 12.5 Å². The van der Waals surface area contributed by atoms with Crippen molar-refractivity contribution in [3.8, 4) is 0 Å². The van der Waals surface area contributed by atoms with Crippen LogP contribution in [0.15, 0.2) is 23.0 Å². The molecule has 4 nitrogen and oxygen atoms in total. The molecule has 2 rings (SSSR count). The van der Waals surface area contributed by atoms with E-state index < -0.39 is 0 Å². The van der Waals surface area contributed by atoms with Crippen molar-refractivity contribution < 1.29 is 0 Å². The van der Waals surface area contributed by atoms with Gasteiger partial charge in [0, 0.05) is 7.05 Å². The first-order valence-electron chi connectivity index (χ1n) is 5.02. The average Bonchev–Trinajstić information content (AvgIpc) is 2.53. The van der Waals surface area contributed by atoms with E-state index >= 15 is 0 Å². The quantitative estimate of drug-likeness (QED) is 0.766. The molecule has 0 bridgehead atoms. The van der Waals surface area contributed by atoms with Gasteiger partial charge >= 0.3 is 5.69 Å². The molecule has 4 heteroatoms. The second kappa shape index (κ2) is 3.55. The van der Waals surface area contributed by atoms with E-state index in [1.54, 1.807) is 11.6 Å². The Labute approximate surface area is 87.7 Å². The van der Waals surface area contributed by atoms with Gasteiger partial charge < -0.3 is 10.7 Å². The Balaban J connectivity index is 2.62. The van der Waals surface area contributed by atoms with Crippen LogP contribution in [-0.2, 0) is 7.05 Å². The van der Waals surface area contributed by atoms with E-state index in [-0.39, 0.29) is 5.69 Å². The van der Waals surface area contributed by atoms with E-state index in [1.807, 2.05) is 18.2 Å². The van der Waals surface area contributed by atoms with Crippen molar-refractivity contribution >= 4 is 11.0 Å². The zero-order chi connectivity index (χ0) is 11.0. The van der Waals surface area contributed by atoms with Crippen LogP contribution < -0.4 is 11.4 Å². The van der Waals surface area contributed by atoms with Crippen molar-refractivity contribution in [3.05, 3.63) is 34.2 Å². The first kappa shape index (κ1) is 9.98. The highest BCUT2D eigenvalue weighted by molar-refractivity contribution is 5.76. The summed E-state index contributed by atoms with van der Waals surface area (Å²) in [7, 11) is 1.76. The van der Waals surface area contributed by atoms with Gasteiger partial charge in [-0.05, 0) is 30.2 Å². The molecule has 1 unspecified atom stereocenters. The Morgan fingerprint density at radius 2 is 2.27 bits per heavy atom. The minimum absolute atomic E-state index is 0.0810. The molecule has 15 heavy (non-hydrogen) atoms. The maximum Gasteiger partial charge on any atom is 0.326 e. The molecule has 2 aromatic rings. The summed E-state index contributed by atoms with van der Waals surface area (Å²) >= 11 is 0. The molecule has 0 saturated carbocycles.